The van der Waals surface area contributed by atoms with Gasteiger partial charge < -0.3 is 9.84 Å². The van der Waals surface area contributed by atoms with Gasteiger partial charge in [-0.15, -0.1) is 0 Å². The van der Waals surface area contributed by atoms with Crippen LogP contribution in [0, 0.1) is 0 Å². The Morgan fingerprint density at radius 2 is 2.10 bits per heavy atom. The Hall–Kier alpha value is -0.270. The number of hydrogen-bond donors (Lipinski definition) is 1. The molecule has 7 heteroatoms. The number of rotatable bonds is 4. The Morgan fingerprint density at radius 1 is 1.45 bits per heavy atom. The quantitative estimate of drug-likeness (QED) is 0.848. The minimum atomic E-state index is -3.64. The Bertz CT molecular complexity index is 448. The summed E-state index contributed by atoms with van der Waals surface area (Å²) < 4.78 is 31.0. The molecule has 0 amide bonds. The molecule has 0 aliphatic carbocycles. The van der Waals surface area contributed by atoms with Gasteiger partial charge in [-0.25, -0.2) is 8.42 Å². The fourth-order valence-electron chi connectivity index (χ4n) is 3.13. The van der Waals surface area contributed by atoms with Crippen molar-refractivity contribution in [3.8, 4) is 0 Å². The van der Waals surface area contributed by atoms with Gasteiger partial charge in [-0.1, -0.05) is 6.92 Å². The molecule has 116 valence electrons. The van der Waals surface area contributed by atoms with Crippen LogP contribution in [0.5, 0.6) is 0 Å². The summed E-state index contributed by atoms with van der Waals surface area (Å²) in [5.41, 5.74) is -0.335. The maximum absolute atomic E-state index is 12.5. The van der Waals surface area contributed by atoms with E-state index in [1.165, 1.54) is 0 Å². The molecule has 2 rings (SSSR count). The van der Waals surface area contributed by atoms with E-state index in [-0.39, 0.29) is 12.0 Å². The molecule has 0 aromatic carbocycles. The third-order valence-electron chi connectivity index (χ3n) is 4.36. The zero-order valence-electron chi connectivity index (χ0n) is 11.7. The first-order chi connectivity index (χ1) is 9.41. The molecule has 0 aromatic rings. The number of carboxylic acid groups (broad SMARTS) is 1. The highest BCUT2D eigenvalue weighted by atomic mass is 32.2. The van der Waals surface area contributed by atoms with E-state index in [1.807, 2.05) is 11.8 Å². The molecule has 2 aliphatic heterocycles. The molecule has 2 saturated heterocycles. The Kier molecular flexibility index (Phi) is 5.02. The lowest BCUT2D eigenvalue weighted by Gasteiger charge is -2.43. The molecular weight excluding hydrogens is 300 g/mol. The van der Waals surface area contributed by atoms with Crippen molar-refractivity contribution >= 4 is 27.6 Å². The second-order valence-corrected chi connectivity index (χ2v) is 9.22. The number of carbonyl (C=O) groups is 1. The summed E-state index contributed by atoms with van der Waals surface area (Å²) in [6.07, 6.45) is 2.74. The molecule has 2 heterocycles. The van der Waals surface area contributed by atoms with Gasteiger partial charge in [-0.2, -0.15) is 11.8 Å². The van der Waals surface area contributed by atoms with Crippen LogP contribution in [0.3, 0.4) is 0 Å². The normalized spacial score (nSPS) is 28.1. The van der Waals surface area contributed by atoms with E-state index in [0.29, 0.717) is 19.4 Å². The fourth-order valence-corrected chi connectivity index (χ4v) is 6.54. The van der Waals surface area contributed by atoms with Gasteiger partial charge in [0.2, 0.25) is 0 Å². The fraction of sp³-hybridized carbons (Fsp3) is 0.923. The van der Waals surface area contributed by atoms with Gasteiger partial charge in [0.15, 0.2) is 15.1 Å². The van der Waals surface area contributed by atoms with Crippen molar-refractivity contribution < 1.29 is 23.1 Å². The number of aliphatic carboxylic acids is 1. The monoisotopic (exact) mass is 322 g/mol. The molecule has 1 N–H and O–H groups in total. The van der Waals surface area contributed by atoms with Crippen molar-refractivity contribution in [1.82, 2.24) is 0 Å². The first-order valence-electron chi connectivity index (χ1n) is 7.08. The largest absolute Gasteiger partial charge is 0.480 e. The van der Waals surface area contributed by atoms with Gasteiger partial charge in [0, 0.05) is 6.61 Å². The van der Waals surface area contributed by atoms with Crippen molar-refractivity contribution in [3.05, 3.63) is 0 Å². The van der Waals surface area contributed by atoms with Crippen LogP contribution in [0.15, 0.2) is 0 Å². The smallest absolute Gasteiger partial charge is 0.321 e. The highest BCUT2D eigenvalue weighted by Crippen LogP contribution is 2.40. The van der Waals surface area contributed by atoms with Gasteiger partial charge in [0.25, 0.3) is 0 Å². The molecule has 2 atom stereocenters. The van der Waals surface area contributed by atoms with Crippen molar-refractivity contribution in [3.63, 3.8) is 0 Å². The third kappa shape index (κ3) is 3.14. The minimum absolute atomic E-state index is 0.123. The Morgan fingerprint density at radius 3 is 2.65 bits per heavy atom. The number of carboxylic acids is 1. The predicted molar refractivity (Wildman–Crippen MR) is 78.9 cm³/mol. The lowest BCUT2D eigenvalue weighted by molar-refractivity contribution is -0.136. The average molecular weight is 322 g/mol. The van der Waals surface area contributed by atoms with Gasteiger partial charge in [-0.3, -0.25) is 4.79 Å². The molecule has 1 spiro atoms. The predicted octanol–water partition coefficient (Wildman–Crippen LogP) is 1.71. The second-order valence-electron chi connectivity index (χ2n) is 5.58. The lowest BCUT2D eigenvalue weighted by Crippen LogP contribution is -2.49. The van der Waals surface area contributed by atoms with Crippen molar-refractivity contribution in [2.75, 3.05) is 18.1 Å². The summed E-state index contributed by atoms with van der Waals surface area (Å²) in [4.78, 5) is 11.2. The molecule has 2 unspecified atom stereocenters. The number of hydrogen-bond acceptors (Lipinski definition) is 5. The molecule has 2 aliphatic rings. The van der Waals surface area contributed by atoms with E-state index in [2.05, 4.69) is 0 Å². The molecule has 20 heavy (non-hydrogen) atoms. The molecular formula is C13H22O5S2. The summed E-state index contributed by atoms with van der Waals surface area (Å²) in [5, 5.41) is 7.28. The van der Waals surface area contributed by atoms with E-state index in [9.17, 15) is 13.2 Å². The maximum atomic E-state index is 12.5. The van der Waals surface area contributed by atoms with Gasteiger partial charge >= 0.3 is 5.97 Å². The van der Waals surface area contributed by atoms with Gasteiger partial charge in [0.05, 0.1) is 10.9 Å². The van der Waals surface area contributed by atoms with Crippen LogP contribution in [0.2, 0.25) is 0 Å². The van der Waals surface area contributed by atoms with Gasteiger partial charge in [-0.05, 0) is 43.6 Å². The van der Waals surface area contributed by atoms with E-state index < -0.39 is 26.3 Å². The van der Waals surface area contributed by atoms with Crippen LogP contribution >= 0.6 is 11.8 Å². The number of ether oxygens (including phenoxy) is 1. The standard InChI is InChI=1S/C13H22O5S2/c1-2-11(12(14)15)20(16,17)10-3-6-18-13(9-10)4-7-19-8-5-13/h10-11H,2-9H2,1H3,(H,14,15). The Labute approximate surface area is 124 Å². The van der Waals surface area contributed by atoms with Crippen molar-refractivity contribution in [1.29, 1.82) is 0 Å². The second kappa shape index (κ2) is 6.23. The van der Waals surface area contributed by atoms with Crippen LogP contribution in [-0.4, -0.2) is 53.7 Å². The molecule has 2 fully saturated rings. The van der Waals surface area contributed by atoms with Crippen LogP contribution in [0.25, 0.3) is 0 Å². The van der Waals surface area contributed by atoms with Crippen molar-refractivity contribution in [2.45, 2.75) is 55.1 Å². The molecule has 5 nitrogen and oxygen atoms in total. The summed E-state index contributed by atoms with van der Waals surface area (Å²) in [7, 11) is -3.64. The number of thioether (sulfide) groups is 1. The topological polar surface area (TPSA) is 80.7 Å². The summed E-state index contributed by atoms with van der Waals surface area (Å²) >= 11 is 1.86. The molecule has 0 bridgehead atoms. The summed E-state index contributed by atoms with van der Waals surface area (Å²) in [6.45, 7) is 2.04. The summed E-state index contributed by atoms with van der Waals surface area (Å²) in [6, 6.07) is 0. The highest BCUT2D eigenvalue weighted by Gasteiger charge is 2.46. The highest BCUT2D eigenvalue weighted by molar-refractivity contribution is 7.99. The zero-order chi connectivity index (χ0) is 14.8. The maximum Gasteiger partial charge on any atom is 0.321 e. The third-order valence-corrected chi connectivity index (χ3v) is 8.00. The lowest BCUT2D eigenvalue weighted by atomic mass is 9.88. The van der Waals surface area contributed by atoms with Crippen LogP contribution < -0.4 is 0 Å². The Balaban J connectivity index is 2.17. The van der Waals surface area contributed by atoms with E-state index in [4.69, 9.17) is 9.84 Å². The zero-order valence-corrected chi connectivity index (χ0v) is 13.3. The van der Waals surface area contributed by atoms with Crippen LogP contribution in [0.4, 0.5) is 0 Å². The summed E-state index contributed by atoms with van der Waals surface area (Å²) in [5.74, 6) is 0.749. The first kappa shape index (κ1) is 16.1. The van der Waals surface area contributed by atoms with E-state index in [1.54, 1.807) is 6.92 Å². The average Bonchev–Trinajstić information content (AvgIpc) is 2.39. The molecule has 0 aromatic heterocycles. The van der Waals surface area contributed by atoms with Crippen LogP contribution in [-0.2, 0) is 19.4 Å². The van der Waals surface area contributed by atoms with Gasteiger partial charge in [0.1, 0.15) is 0 Å². The molecule has 0 saturated carbocycles. The van der Waals surface area contributed by atoms with E-state index in [0.717, 1.165) is 24.3 Å². The number of sulfone groups is 1. The van der Waals surface area contributed by atoms with Crippen molar-refractivity contribution in [2.24, 2.45) is 0 Å². The molecule has 0 radical (unpaired) electrons. The van der Waals surface area contributed by atoms with Crippen LogP contribution in [0.1, 0.15) is 39.0 Å². The van der Waals surface area contributed by atoms with E-state index >= 15 is 0 Å². The minimum Gasteiger partial charge on any atom is -0.480 e. The SMILES string of the molecule is CCC(C(=O)O)S(=O)(=O)C1CCOC2(CCSCC2)C1. The first-order valence-corrected chi connectivity index (χ1v) is 9.85.